The molecule has 1 unspecified atom stereocenters. The minimum absolute atomic E-state index is 0.0627. The molecule has 6 rings (SSSR count). The van der Waals surface area contributed by atoms with Crippen molar-refractivity contribution in [3.63, 3.8) is 0 Å². The highest BCUT2D eigenvalue weighted by molar-refractivity contribution is 7.11. The fourth-order valence-electron chi connectivity index (χ4n) is 6.01. The molecule has 2 saturated heterocycles. The summed E-state index contributed by atoms with van der Waals surface area (Å²) in [5.41, 5.74) is 6.60. The summed E-state index contributed by atoms with van der Waals surface area (Å²) in [4.78, 5) is 38.7. The van der Waals surface area contributed by atoms with Gasteiger partial charge in [0.05, 0.1) is 6.04 Å². The first-order valence-electron chi connectivity index (χ1n) is 12.8. The zero-order valence-electron chi connectivity index (χ0n) is 20.6. The number of rotatable bonds is 4. The fraction of sp³-hybridized carbons (Fsp3) is 0.500. The summed E-state index contributed by atoms with van der Waals surface area (Å²) in [5.74, 6) is 0.199. The van der Waals surface area contributed by atoms with Gasteiger partial charge in [-0.3, -0.25) is 14.5 Å². The predicted octanol–water partition coefficient (Wildman–Crippen LogP) is 1.26. The van der Waals surface area contributed by atoms with Gasteiger partial charge in [-0.15, -0.1) is 11.3 Å². The Kier molecular flexibility index (Phi) is 5.93. The van der Waals surface area contributed by atoms with E-state index < -0.39 is 0 Å². The first kappa shape index (κ1) is 22.8. The molecular formula is C26H32BN5O2S. The molecule has 1 aliphatic carbocycles. The second-order valence-corrected chi connectivity index (χ2v) is 11.2. The average Bonchev–Trinajstić information content (AvgIpc) is 3.51. The van der Waals surface area contributed by atoms with Gasteiger partial charge in [0.2, 0.25) is 5.91 Å². The summed E-state index contributed by atoms with van der Waals surface area (Å²) >= 11 is 1.42. The smallest absolute Gasteiger partial charge is 0.282 e. The van der Waals surface area contributed by atoms with E-state index in [9.17, 15) is 9.59 Å². The molecule has 4 heterocycles. The number of piperazine rings is 1. The van der Waals surface area contributed by atoms with Gasteiger partial charge >= 0.3 is 0 Å². The molecule has 7 nitrogen and oxygen atoms in total. The lowest BCUT2D eigenvalue weighted by Crippen LogP contribution is -2.64. The highest BCUT2D eigenvalue weighted by Gasteiger charge is 2.42. The van der Waals surface area contributed by atoms with E-state index in [4.69, 9.17) is 0 Å². The normalized spacial score (nSPS) is 22.6. The summed E-state index contributed by atoms with van der Waals surface area (Å²) in [6.07, 6.45) is 6.04. The maximum absolute atomic E-state index is 12.9. The standard InChI is InChI=1S/C26H32BN5O2S/c1-17(33)32-22-7-5-20(27)14-19(22)4-6-23(32)24(18-2-3-18)31-15-21(16-31)29-9-11-30(12-10-29)26(34)25-28-8-13-35-25/h5,7-8,13-14,21,23H,2-4,6,9-12,15-16,27H2,1H3. The van der Waals surface area contributed by atoms with E-state index in [1.54, 1.807) is 13.1 Å². The number of fused-ring (bicyclic) bond motifs is 1. The third-order valence-electron chi connectivity index (χ3n) is 7.95. The van der Waals surface area contributed by atoms with E-state index in [1.165, 1.54) is 33.6 Å². The predicted molar refractivity (Wildman–Crippen MR) is 141 cm³/mol. The van der Waals surface area contributed by atoms with Gasteiger partial charge in [0.15, 0.2) is 5.01 Å². The number of allylic oxidation sites excluding steroid dienone is 1. The molecule has 35 heavy (non-hydrogen) atoms. The lowest BCUT2D eigenvalue weighted by molar-refractivity contribution is -0.117. The van der Waals surface area contributed by atoms with Crippen LogP contribution in [0, 0.1) is 0 Å². The van der Waals surface area contributed by atoms with Gasteiger partial charge in [0, 0.05) is 75.2 Å². The first-order chi connectivity index (χ1) is 17.0. The zero-order chi connectivity index (χ0) is 24.1. The van der Waals surface area contributed by atoms with Crippen molar-refractivity contribution in [2.24, 2.45) is 0 Å². The Morgan fingerprint density at radius 2 is 1.83 bits per heavy atom. The molecule has 3 fully saturated rings. The van der Waals surface area contributed by atoms with Gasteiger partial charge in [-0.25, -0.2) is 4.98 Å². The lowest BCUT2D eigenvalue weighted by Gasteiger charge is -2.52. The summed E-state index contributed by atoms with van der Waals surface area (Å²) < 4.78 is 0. The van der Waals surface area contributed by atoms with Crippen LogP contribution >= 0.6 is 11.3 Å². The number of likely N-dealkylation sites (tertiary alicyclic amines) is 1. The van der Waals surface area contributed by atoms with E-state index in [1.807, 2.05) is 10.3 Å². The molecule has 182 valence electrons. The summed E-state index contributed by atoms with van der Waals surface area (Å²) in [7, 11) is 2.12. The van der Waals surface area contributed by atoms with Crippen LogP contribution in [0.15, 0.2) is 41.0 Å². The largest absolute Gasteiger partial charge is 0.370 e. The lowest BCUT2D eigenvalue weighted by atomic mass is 9.86. The highest BCUT2D eigenvalue weighted by atomic mass is 32.1. The SMILES string of the molecule is Bc1ccc2c(c1)CCC(C(=C1CC1)N1CC(N3CCN(C(=O)c4nccs4)CC3)C1)N2C(C)=O. The van der Waals surface area contributed by atoms with Gasteiger partial charge in [0.25, 0.3) is 5.91 Å². The number of amides is 2. The van der Waals surface area contributed by atoms with Crippen molar-refractivity contribution in [1.29, 1.82) is 0 Å². The molecule has 4 aliphatic rings. The molecule has 2 amide bonds. The number of benzene rings is 1. The first-order valence-corrected chi connectivity index (χ1v) is 13.7. The number of carbonyl (C=O) groups excluding carboxylic acids is 2. The van der Waals surface area contributed by atoms with E-state index in [0.29, 0.717) is 11.0 Å². The van der Waals surface area contributed by atoms with Crippen molar-refractivity contribution in [2.75, 3.05) is 44.2 Å². The topological polar surface area (TPSA) is 60.0 Å². The highest BCUT2D eigenvalue weighted by Crippen LogP contribution is 2.42. The molecule has 0 spiro atoms. The minimum atomic E-state index is 0.0627. The quantitative estimate of drug-likeness (QED) is 0.606. The molecule has 0 bridgehead atoms. The van der Waals surface area contributed by atoms with Crippen molar-refractivity contribution in [1.82, 2.24) is 19.7 Å². The van der Waals surface area contributed by atoms with E-state index >= 15 is 0 Å². The van der Waals surface area contributed by atoms with Crippen LogP contribution in [0.25, 0.3) is 0 Å². The number of nitrogens with zero attached hydrogens (tertiary/aromatic N) is 5. The maximum Gasteiger partial charge on any atom is 0.282 e. The monoisotopic (exact) mass is 489 g/mol. The van der Waals surface area contributed by atoms with Crippen molar-refractivity contribution >= 4 is 42.1 Å². The van der Waals surface area contributed by atoms with Crippen LogP contribution in [0.1, 0.15) is 41.6 Å². The number of hydrogen-bond donors (Lipinski definition) is 0. The van der Waals surface area contributed by atoms with Crippen molar-refractivity contribution in [2.45, 2.75) is 44.7 Å². The van der Waals surface area contributed by atoms with Crippen molar-refractivity contribution in [3.05, 3.63) is 51.6 Å². The van der Waals surface area contributed by atoms with E-state index in [-0.39, 0.29) is 17.9 Å². The Bertz CT molecular complexity index is 1160. The average molecular weight is 489 g/mol. The third-order valence-corrected chi connectivity index (χ3v) is 8.71. The molecule has 9 heteroatoms. The Hall–Kier alpha value is -2.65. The van der Waals surface area contributed by atoms with Crippen LogP contribution < -0.4 is 10.4 Å². The molecule has 1 aromatic carbocycles. The summed E-state index contributed by atoms with van der Waals surface area (Å²) in [6.45, 7) is 7.10. The number of thiazole rings is 1. The molecule has 0 N–H and O–H groups in total. The summed E-state index contributed by atoms with van der Waals surface area (Å²) in [6, 6.07) is 7.17. The Labute approximate surface area is 211 Å². The fourth-order valence-corrected chi connectivity index (χ4v) is 6.62. The number of aryl methyl sites for hydroxylation is 1. The molecule has 1 saturated carbocycles. The second kappa shape index (κ2) is 9.10. The van der Waals surface area contributed by atoms with Crippen LogP contribution in [0.2, 0.25) is 0 Å². The van der Waals surface area contributed by atoms with Gasteiger partial charge < -0.3 is 14.7 Å². The zero-order valence-corrected chi connectivity index (χ0v) is 21.4. The van der Waals surface area contributed by atoms with E-state index in [0.717, 1.165) is 70.6 Å². The Morgan fingerprint density at radius 3 is 2.49 bits per heavy atom. The van der Waals surface area contributed by atoms with Gasteiger partial charge in [-0.1, -0.05) is 17.6 Å². The number of hydrogen-bond acceptors (Lipinski definition) is 6. The number of anilines is 1. The molecule has 3 aliphatic heterocycles. The minimum Gasteiger partial charge on any atom is -0.370 e. The van der Waals surface area contributed by atoms with Gasteiger partial charge in [0.1, 0.15) is 7.85 Å². The number of aromatic nitrogens is 1. The number of carbonyl (C=O) groups is 2. The van der Waals surface area contributed by atoms with Crippen LogP contribution in [-0.2, 0) is 11.2 Å². The molecular weight excluding hydrogens is 457 g/mol. The van der Waals surface area contributed by atoms with Crippen LogP contribution in [0.4, 0.5) is 5.69 Å². The van der Waals surface area contributed by atoms with Crippen LogP contribution in [0.3, 0.4) is 0 Å². The van der Waals surface area contributed by atoms with E-state index in [2.05, 4.69) is 45.7 Å². The third kappa shape index (κ3) is 4.29. The molecule has 0 radical (unpaired) electrons. The van der Waals surface area contributed by atoms with Crippen molar-refractivity contribution in [3.8, 4) is 0 Å². The van der Waals surface area contributed by atoms with Crippen molar-refractivity contribution < 1.29 is 9.59 Å². The Balaban J connectivity index is 1.12. The summed E-state index contributed by atoms with van der Waals surface area (Å²) in [5, 5.41) is 2.45. The molecule has 1 atom stereocenters. The molecule has 1 aromatic heterocycles. The van der Waals surface area contributed by atoms with Crippen LogP contribution in [0.5, 0.6) is 0 Å². The van der Waals surface area contributed by atoms with Gasteiger partial charge in [-0.2, -0.15) is 0 Å². The van der Waals surface area contributed by atoms with Gasteiger partial charge in [-0.05, 0) is 42.9 Å². The Morgan fingerprint density at radius 1 is 1.06 bits per heavy atom. The molecule has 2 aromatic rings. The van der Waals surface area contributed by atoms with Crippen LogP contribution in [-0.4, -0.2) is 90.7 Å². The second-order valence-electron chi connectivity index (χ2n) is 10.3. The maximum atomic E-state index is 12.9.